The molecule has 1 aliphatic rings. The third-order valence-corrected chi connectivity index (χ3v) is 4.46. The van der Waals surface area contributed by atoms with Gasteiger partial charge < -0.3 is 30.1 Å². The molecule has 0 radical (unpaired) electrons. The van der Waals surface area contributed by atoms with Crippen molar-refractivity contribution in [3.8, 4) is 11.1 Å². The summed E-state index contributed by atoms with van der Waals surface area (Å²) in [6.07, 6.45) is -3.82. The summed E-state index contributed by atoms with van der Waals surface area (Å²) in [5, 5.41) is 20.3. The molecular formula is C15H18N3O7P. The number of benzene rings is 1. The molecule has 5 atom stereocenters. The predicted molar refractivity (Wildman–Crippen MR) is 91.4 cm³/mol. The van der Waals surface area contributed by atoms with E-state index in [0.29, 0.717) is 11.1 Å². The molecule has 0 spiro atoms. The molecule has 3 rings (SSSR count). The maximum Gasteiger partial charge on any atom is 0.351 e. The molecular weight excluding hydrogens is 365 g/mol. The number of nitrogen functional groups attached to an aromatic ring is 1. The Labute approximate surface area is 148 Å². The zero-order valence-electron chi connectivity index (χ0n) is 13.4. The molecule has 10 nitrogen and oxygen atoms in total. The molecule has 2 heterocycles. The first kappa shape index (κ1) is 18.7. The molecule has 5 N–H and O–H groups in total. The van der Waals surface area contributed by atoms with Gasteiger partial charge in [-0.05, 0) is 5.56 Å². The van der Waals surface area contributed by atoms with Gasteiger partial charge in [0.05, 0.1) is 6.61 Å². The number of aliphatic hydroxyl groups is 2. The van der Waals surface area contributed by atoms with Crippen LogP contribution in [0.3, 0.4) is 0 Å². The Balaban J connectivity index is 1.94. The predicted octanol–water partition coefficient (Wildman–Crippen LogP) is -0.490. The second kappa shape index (κ2) is 7.67. The average molecular weight is 383 g/mol. The molecule has 11 heteroatoms. The molecule has 26 heavy (non-hydrogen) atoms. The fourth-order valence-electron chi connectivity index (χ4n) is 2.75. The van der Waals surface area contributed by atoms with Crippen LogP contribution < -0.4 is 11.4 Å². The van der Waals surface area contributed by atoms with Crippen molar-refractivity contribution >= 4 is 14.1 Å². The first-order valence-electron chi connectivity index (χ1n) is 7.70. The van der Waals surface area contributed by atoms with E-state index in [-0.39, 0.29) is 5.82 Å². The number of aliphatic hydroxyl groups excluding tert-OH is 2. The summed E-state index contributed by atoms with van der Waals surface area (Å²) in [6, 6.07) is 8.96. The standard InChI is InChI=1S/C15H18N3O7P/c16-13-9(8-4-2-1-3-5-8)6-18(15(21)17-13)14-12(20)11(19)10(25-14)7-24-26(22)23/h1-6,10-12,14,19-20,26H,7H2,(H,22,23)(H2,16,17,21)/t10-,11?,12?,14-/m1/s1. The summed E-state index contributed by atoms with van der Waals surface area (Å²) < 4.78 is 21.7. The molecule has 140 valence electrons. The van der Waals surface area contributed by atoms with E-state index >= 15 is 0 Å². The second-order valence-electron chi connectivity index (χ2n) is 5.72. The van der Waals surface area contributed by atoms with E-state index in [1.54, 1.807) is 24.3 Å². The van der Waals surface area contributed by atoms with Crippen molar-refractivity contribution in [2.75, 3.05) is 12.3 Å². The van der Waals surface area contributed by atoms with Crippen molar-refractivity contribution in [2.45, 2.75) is 24.5 Å². The average Bonchev–Trinajstić information content (AvgIpc) is 2.89. The van der Waals surface area contributed by atoms with Gasteiger partial charge in [0.2, 0.25) is 0 Å². The first-order chi connectivity index (χ1) is 12.4. The van der Waals surface area contributed by atoms with Gasteiger partial charge in [-0.3, -0.25) is 9.13 Å². The van der Waals surface area contributed by atoms with E-state index in [1.165, 1.54) is 6.20 Å². The highest BCUT2D eigenvalue weighted by molar-refractivity contribution is 7.32. The molecule has 0 amide bonds. The minimum absolute atomic E-state index is 0.0178. The van der Waals surface area contributed by atoms with Crippen LogP contribution >= 0.6 is 8.25 Å². The van der Waals surface area contributed by atoms with Crippen molar-refractivity contribution in [1.29, 1.82) is 0 Å². The Kier molecular flexibility index (Phi) is 5.52. The Morgan fingerprint density at radius 2 is 1.96 bits per heavy atom. The van der Waals surface area contributed by atoms with Gasteiger partial charge in [0.25, 0.3) is 0 Å². The second-order valence-corrected chi connectivity index (χ2v) is 6.54. The van der Waals surface area contributed by atoms with Gasteiger partial charge in [-0.25, -0.2) is 4.79 Å². The van der Waals surface area contributed by atoms with E-state index in [0.717, 1.165) is 4.57 Å². The lowest BCUT2D eigenvalue weighted by Gasteiger charge is -2.18. The summed E-state index contributed by atoms with van der Waals surface area (Å²) in [4.78, 5) is 24.7. The Hall–Kier alpha value is -2.07. The van der Waals surface area contributed by atoms with Crippen LogP contribution in [0.15, 0.2) is 41.3 Å². The fourth-order valence-corrected chi connectivity index (χ4v) is 3.06. The quantitative estimate of drug-likeness (QED) is 0.500. The minimum Gasteiger partial charge on any atom is -0.387 e. The Bertz CT molecular complexity index is 860. The molecule has 3 unspecified atom stereocenters. The smallest absolute Gasteiger partial charge is 0.351 e. The fraction of sp³-hybridized carbons (Fsp3) is 0.333. The Morgan fingerprint density at radius 3 is 2.62 bits per heavy atom. The summed E-state index contributed by atoms with van der Waals surface area (Å²) in [5.41, 5.74) is 6.23. The highest BCUT2D eigenvalue weighted by atomic mass is 31.1. The number of nitrogens with zero attached hydrogens (tertiary/aromatic N) is 2. The lowest BCUT2D eigenvalue weighted by atomic mass is 10.1. The molecule has 1 aliphatic heterocycles. The maximum atomic E-state index is 12.2. The molecule has 0 bridgehead atoms. The number of rotatable bonds is 5. The molecule has 1 aromatic carbocycles. The number of ether oxygens (including phenoxy) is 1. The number of hydrogen-bond donors (Lipinski definition) is 4. The van der Waals surface area contributed by atoms with Crippen LogP contribution in [0.4, 0.5) is 5.82 Å². The topological polar surface area (TPSA) is 157 Å². The molecule has 0 aliphatic carbocycles. The highest BCUT2D eigenvalue weighted by Gasteiger charge is 2.44. The first-order valence-corrected chi connectivity index (χ1v) is 8.96. The van der Waals surface area contributed by atoms with Crippen molar-refractivity contribution in [2.24, 2.45) is 0 Å². The van der Waals surface area contributed by atoms with Gasteiger partial charge in [-0.1, -0.05) is 30.3 Å². The summed E-state index contributed by atoms with van der Waals surface area (Å²) >= 11 is 0. The van der Waals surface area contributed by atoms with Gasteiger partial charge in [-0.15, -0.1) is 0 Å². The van der Waals surface area contributed by atoms with Crippen molar-refractivity contribution in [3.05, 3.63) is 47.0 Å². The Morgan fingerprint density at radius 1 is 1.27 bits per heavy atom. The van der Waals surface area contributed by atoms with Crippen molar-refractivity contribution in [3.63, 3.8) is 0 Å². The van der Waals surface area contributed by atoms with Gasteiger partial charge in [0.1, 0.15) is 24.1 Å². The van der Waals surface area contributed by atoms with Gasteiger partial charge in [-0.2, -0.15) is 4.98 Å². The lowest BCUT2D eigenvalue weighted by molar-refractivity contribution is -0.0516. The van der Waals surface area contributed by atoms with Crippen LogP contribution in [0.1, 0.15) is 6.23 Å². The third kappa shape index (κ3) is 3.70. The molecule has 0 saturated carbocycles. The lowest BCUT2D eigenvalue weighted by Crippen LogP contribution is -2.36. The van der Waals surface area contributed by atoms with Gasteiger partial charge in [0.15, 0.2) is 6.23 Å². The van der Waals surface area contributed by atoms with Crippen LogP contribution in [0.25, 0.3) is 11.1 Å². The van der Waals surface area contributed by atoms with Crippen LogP contribution in [0, 0.1) is 0 Å². The summed E-state index contributed by atoms with van der Waals surface area (Å²) in [5.74, 6) is 0.0178. The van der Waals surface area contributed by atoms with Crippen LogP contribution in [0.5, 0.6) is 0 Å². The molecule has 1 aromatic heterocycles. The molecule has 1 fully saturated rings. The van der Waals surface area contributed by atoms with E-state index in [2.05, 4.69) is 9.51 Å². The van der Waals surface area contributed by atoms with Crippen molar-refractivity contribution < 1.29 is 28.9 Å². The van der Waals surface area contributed by atoms with Crippen molar-refractivity contribution in [1.82, 2.24) is 9.55 Å². The zero-order chi connectivity index (χ0) is 18.8. The van der Waals surface area contributed by atoms with E-state index < -0.39 is 45.1 Å². The third-order valence-electron chi connectivity index (χ3n) is 4.05. The largest absolute Gasteiger partial charge is 0.387 e. The number of nitrogens with two attached hydrogens (primary N) is 1. The van der Waals surface area contributed by atoms with Gasteiger partial charge >= 0.3 is 13.9 Å². The minimum atomic E-state index is -3.22. The van der Waals surface area contributed by atoms with Crippen LogP contribution in [-0.2, 0) is 13.8 Å². The number of aromatic nitrogens is 2. The van der Waals surface area contributed by atoms with Crippen LogP contribution in [-0.4, -0.2) is 49.6 Å². The molecule has 1 saturated heterocycles. The zero-order valence-corrected chi connectivity index (χ0v) is 14.4. The normalized spacial score (nSPS) is 26.7. The van der Waals surface area contributed by atoms with Crippen LogP contribution in [0.2, 0.25) is 0 Å². The molecule has 2 aromatic rings. The summed E-state index contributed by atoms with van der Waals surface area (Å²) in [7, 11) is -3.22. The van der Waals surface area contributed by atoms with Gasteiger partial charge in [0, 0.05) is 11.8 Å². The van der Waals surface area contributed by atoms with E-state index in [9.17, 15) is 19.6 Å². The monoisotopic (exact) mass is 383 g/mol. The SMILES string of the molecule is Nc1nc(=O)n([C@@H]2O[C@H](CO[PH](=O)O)C(O)C2O)cc1-c1ccccc1. The van der Waals surface area contributed by atoms with E-state index in [4.69, 9.17) is 15.4 Å². The number of hydrogen-bond acceptors (Lipinski definition) is 8. The van der Waals surface area contributed by atoms with E-state index in [1.807, 2.05) is 6.07 Å². The number of anilines is 1. The maximum absolute atomic E-state index is 12.2. The highest BCUT2D eigenvalue weighted by Crippen LogP contribution is 2.32. The summed E-state index contributed by atoms with van der Waals surface area (Å²) in [6.45, 7) is -0.411.